The molecule has 0 spiro atoms. The normalized spacial score (nSPS) is 12.8. The van der Waals surface area contributed by atoms with Crippen LogP contribution in [0.2, 0.25) is 4.34 Å². The van der Waals surface area contributed by atoms with Gasteiger partial charge in [0.1, 0.15) is 0 Å². The molecule has 0 amide bonds. The first-order valence-corrected chi connectivity index (χ1v) is 5.58. The van der Waals surface area contributed by atoms with Crippen molar-refractivity contribution in [3.05, 3.63) is 34.0 Å². The van der Waals surface area contributed by atoms with Gasteiger partial charge in [0.15, 0.2) is 0 Å². The summed E-state index contributed by atoms with van der Waals surface area (Å²) >= 11 is 7.45. The maximum atomic E-state index is 5.85. The first kappa shape index (κ1) is 10.8. The molecule has 3 heteroatoms. The van der Waals surface area contributed by atoms with Crippen LogP contribution in [-0.2, 0) is 0 Å². The summed E-state index contributed by atoms with van der Waals surface area (Å²) < 4.78 is 0.833. The van der Waals surface area contributed by atoms with Gasteiger partial charge in [-0.1, -0.05) is 24.6 Å². The molecule has 0 radical (unpaired) electrons. The predicted octanol–water partition coefficient (Wildman–Crippen LogP) is 3.63. The van der Waals surface area contributed by atoms with Gasteiger partial charge in [0.2, 0.25) is 0 Å². The molecule has 0 aliphatic carbocycles. The highest BCUT2D eigenvalue weighted by Crippen LogP contribution is 2.27. The van der Waals surface area contributed by atoms with E-state index in [1.54, 1.807) is 11.3 Å². The van der Waals surface area contributed by atoms with Gasteiger partial charge in [-0.15, -0.1) is 17.9 Å². The monoisotopic (exact) mass is 215 g/mol. The summed E-state index contributed by atoms with van der Waals surface area (Å²) in [4.78, 5) is 1.23. The Hall–Kier alpha value is -0.310. The molecule has 1 N–H and O–H groups in total. The summed E-state index contributed by atoms with van der Waals surface area (Å²) in [5.74, 6) is 0. The Morgan fingerprint density at radius 1 is 1.69 bits per heavy atom. The van der Waals surface area contributed by atoms with Crippen LogP contribution in [0, 0.1) is 0 Å². The molecule has 0 fully saturated rings. The minimum atomic E-state index is 0.248. The van der Waals surface area contributed by atoms with Gasteiger partial charge in [-0.25, -0.2) is 0 Å². The molecule has 13 heavy (non-hydrogen) atoms. The molecule has 0 aliphatic rings. The maximum absolute atomic E-state index is 5.85. The quantitative estimate of drug-likeness (QED) is 0.740. The first-order chi connectivity index (χ1) is 6.27. The highest BCUT2D eigenvalue weighted by Gasteiger charge is 2.07. The molecule has 1 unspecified atom stereocenters. The number of thiophene rings is 1. The minimum absolute atomic E-state index is 0.248. The number of hydrogen-bond acceptors (Lipinski definition) is 2. The molecule has 72 valence electrons. The summed E-state index contributed by atoms with van der Waals surface area (Å²) in [7, 11) is 0. The van der Waals surface area contributed by atoms with Gasteiger partial charge in [0.25, 0.3) is 0 Å². The van der Waals surface area contributed by atoms with Crippen molar-refractivity contribution in [3.63, 3.8) is 0 Å². The number of nitrogens with one attached hydrogen (secondary N) is 1. The highest BCUT2D eigenvalue weighted by atomic mass is 35.5. The molecule has 1 aromatic heterocycles. The van der Waals surface area contributed by atoms with Gasteiger partial charge in [-0.3, -0.25) is 0 Å². The Morgan fingerprint density at radius 3 is 2.92 bits per heavy atom. The van der Waals surface area contributed by atoms with E-state index in [4.69, 9.17) is 11.6 Å². The lowest BCUT2D eigenvalue weighted by molar-refractivity contribution is 0.621. The summed E-state index contributed by atoms with van der Waals surface area (Å²) in [6.45, 7) is 6.95. The van der Waals surface area contributed by atoms with E-state index in [9.17, 15) is 0 Å². The van der Waals surface area contributed by atoms with E-state index in [1.807, 2.05) is 18.2 Å². The lowest BCUT2D eigenvalue weighted by Crippen LogP contribution is -2.19. The van der Waals surface area contributed by atoms with Gasteiger partial charge in [0, 0.05) is 4.88 Å². The van der Waals surface area contributed by atoms with Crippen LogP contribution in [0.1, 0.15) is 24.3 Å². The molecule has 1 aromatic rings. The minimum Gasteiger partial charge on any atom is -0.306 e. The van der Waals surface area contributed by atoms with Crippen molar-refractivity contribution in [2.75, 3.05) is 6.54 Å². The molecule has 1 rings (SSSR count). The third kappa shape index (κ3) is 3.14. The highest BCUT2D eigenvalue weighted by molar-refractivity contribution is 7.16. The molecule has 1 atom stereocenters. The first-order valence-electron chi connectivity index (χ1n) is 4.39. The fraction of sp³-hybridized carbons (Fsp3) is 0.400. The summed E-state index contributed by atoms with van der Waals surface area (Å²) in [6.07, 6.45) is 3.04. The topological polar surface area (TPSA) is 12.0 Å². The maximum Gasteiger partial charge on any atom is 0.0931 e. The number of rotatable bonds is 5. The standard InChI is InChI=1S/C10H14ClNS/c1-3-7-12-8(4-2)9-5-6-10(11)13-9/h4-6,8,12H,2-3,7H2,1H3. The van der Waals surface area contributed by atoms with E-state index < -0.39 is 0 Å². The largest absolute Gasteiger partial charge is 0.306 e. The van der Waals surface area contributed by atoms with Crippen LogP contribution in [-0.4, -0.2) is 6.54 Å². The number of halogens is 1. The van der Waals surface area contributed by atoms with Gasteiger partial charge in [-0.05, 0) is 25.1 Å². The Labute approximate surface area is 88.4 Å². The summed E-state index contributed by atoms with van der Waals surface area (Å²) in [5, 5.41) is 3.38. The Kier molecular flexibility index (Phi) is 4.50. The van der Waals surface area contributed by atoms with Crippen molar-refractivity contribution in [1.29, 1.82) is 0 Å². The van der Waals surface area contributed by atoms with Crippen LogP contribution in [0.15, 0.2) is 24.8 Å². The molecule has 0 saturated heterocycles. The van der Waals surface area contributed by atoms with Crippen LogP contribution >= 0.6 is 22.9 Å². The van der Waals surface area contributed by atoms with Crippen molar-refractivity contribution in [3.8, 4) is 0 Å². The van der Waals surface area contributed by atoms with Crippen molar-refractivity contribution >= 4 is 22.9 Å². The molecule has 1 nitrogen and oxygen atoms in total. The predicted molar refractivity (Wildman–Crippen MR) is 60.6 cm³/mol. The Bertz CT molecular complexity index is 270. The van der Waals surface area contributed by atoms with E-state index >= 15 is 0 Å². The average molecular weight is 216 g/mol. The zero-order chi connectivity index (χ0) is 9.68. The molecule has 0 bridgehead atoms. The second-order valence-electron chi connectivity index (χ2n) is 2.81. The molecule has 1 heterocycles. The van der Waals surface area contributed by atoms with Gasteiger partial charge >= 0.3 is 0 Å². The fourth-order valence-corrected chi connectivity index (χ4v) is 2.23. The van der Waals surface area contributed by atoms with E-state index in [2.05, 4.69) is 18.8 Å². The second-order valence-corrected chi connectivity index (χ2v) is 4.56. The van der Waals surface area contributed by atoms with Crippen LogP contribution in [0.4, 0.5) is 0 Å². The molecular formula is C10H14ClNS. The van der Waals surface area contributed by atoms with Crippen LogP contribution < -0.4 is 5.32 Å². The van der Waals surface area contributed by atoms with Crippen molar-refractivity contribution in [2.45, 2.75) is 19.4 Å². The molecule has 0 aliphatic heterocycles. The van der Waals surface area contributed by atoms with Gasteiger partial charge < -0.3 is 5.32 Å². The van der Waals surface area contributed by atoms with Crippen LogP contribution in [0.3, 0.4) is 0 Å². The van der Waals surface area contributed by atoms with Crippen molar-refractivity contribution < 1.29 is 0 Å². The Morgan fingerprint density at radius 2 is 2.46 bits per heavy atom. The third-order valence-corrected chi connectivity index (χ3v) is 3.06. The molecular weight excluding hydrogens is 202 g/mol. The smallest absolute Gasteiger partial charge is 0.0931 e. The van der Waals surface area contributed by atoms with E-state index in [1.165, 1.54) is 4.88 Å². The van der Waals surface area contributed by atoms with Crippen molar-refractivity contribution in [2.24, 2.45) is 0 Å². The second kappa shape index (κ2) is 5.43. The van der Waals surface area contributed by atoms with E-state index in [0.717, 1.165) is 17.3 Å². The average Bonchev–Trinajstić information content (AvgIpc) is 2.54. The van der Waals surface area contributed by atoms with Gasteiger partial charge in [-0.2, -0.15) is 0 Å². The molecule has 0 saturated carbocycles. The van der Waals surface area contributed by atoms with E-state index in [0.29, 0.717) is 0 Å². The summed E-state index contributed by atoms with van der Waals surface area (Å²) in [6, 6.07) is 4.21. The van der Waals surface area contributed by atoms with Crippen molar-refractivity contribution in [1.82, 2.24) is 5.32 Å². The Balaban J connectivity index is 2.61. The fourth-order valence-electron chi connectivity index (χ4n) is 1.10. The van der Waals surface area contributed by atoms with E-state index in [-0.39, 0.29) is 6.04 Å². The lowest BCUT2D eigenvalue weighted by atomic mass is 10.2. The third-order valence-electron chi connectivity index (χ3n) is 1.75. The summed E-state index contributed by atoms with van der Waals surface area (Å²) in [5.41, 5.74) is 0. The zero-order valence-electron chi connectivity index (χ0n) is 7.72. The zero-order valence-corrected chi connectivity index (χ0v) is 9.29. The van der Waals surface area contributed by atoms with Crippen LogP contribution in [0.5, 0.6) is 0 Å². The van der Waals surface area contributed by atoms with Gasteiger partial charge in [0.05, 0.1) is 10.4 Å². The SMILES string of the molecule is C=CC(NCCC)c1ccc(Cl)s1. The number of hydrogen-bond donors (Lipinski definition) is 1. The van der Waals surface area contributed by atoms with Crippen LogP contribution in [0.25, 0.3) is 0 Å². The molecule has 0 aromatic carbocycles. The lowest BCUT2D eigenvalue weighted by Gasteiger charge is -2.11.